The predicted molar refractivity (Wildman–Crippen MR) is 47.3 cm³/mol. The van der Waals surface area contributed by atoms with Crippen LogP contribution in [-0.4, -0.2) is 46.1 Å². The van der Waals surface area contributed by atoms with Gasteiger partial charge in [0.05, 0.1) is 13.7 Å². The molecule has 0 aromatic rings. The zero-order valence-corrected chi connectivity index (χ0v) is 8.12. The van der Waals surface area contributed by atoms with Crippen molar-refractivity contribution in [3.8, 4) is 0 Å². The van der Waals surface area contributed by atoms with E-state index in [4.69, 9.17) is 15.2 Å². The zero-order valence-electron chi connectivity index (χ0n) is 8.12. The van der Waals surface area contributed by atoms with Gasteiger partial charge in [0.15, 0.2) is 0 Å². The largest absolute Gasteiger partial charge is 0.468 e. The van der Waals surface area contributed by atoms with Gasteiger partial charge < -0.3 is 19.9 Å². The summed E-state index contributed by atoms with van der Waals surface area (Å²) >= 11 is 0. The van der Waals surface area contributed by atoms with Crippen LogP contribution in [0, 0.1) is 0 Å². The molecule has 0 aromatic heterocycles. The average Bonchev–Trinajstić information content (AvgIpc) is 2.16. The third kappa shape index (κ3) is 6.51. The first-order valence-electron chi connectivity index (χ1n) is 4.12. The molecule has 1 unspecified atom stereocenters. The van der Waals surface area contributed by atoms with Crippen LogP contribution in [0.4, 0.5) is 0 Å². The molecular formula is C8H17NO4. The Labute approximate surface area is 78.1 Å². The molecule has 78 valence electrons. The number of ether oxygens (including phenoxy) is 3. The summed E-state index contributed by atoms with van der Waals surface area (Å²) < 4.78 is 14.4. The molecule has 0 aliphatic heterocycles. The van der Waals surface area contributed by atoms with E-state index in [-0.39, 0.29) is 6.61 Å². The number of esters is 1. The minimum atomic E-state index is -0.687. The summed E-state index contributed by atoms with van der Waals surface area (Å²) in [6.07, 6.45) is 0.796. The molecule has 0 heterocycles. The fourth-order valence-corrected chi connectivity index (χ4v) is 0.735. The standard InChI is InChI=1S/C8H17NO4/c1-11-4-3-5-13-6-7(9)8(10)12-2/h7H,3-6,9H2,1-2H3. The van der Waals surface area contributed by atoms with Crippen LogP contribution in [0.1, 0.15) is 6.42 Å². The van der Waals surface area contributed by atoms with Gasteiger partial charge in [-0.2, -0.15) is 0 Å². The number of methoxy groups -OCH3 is 2. The highest BCUT2D eigenvalue weighted by Crippen LogP contribution is 1.88. The van der Waals surface area contributed by atoms with E-state index >= 15 is 0 Å². The highest BCUT2D eigenvalue weighted by molar-refractivity contribution is 5.75. The van der Waals surface area contributed by atoms with Crippen LogP contribution in [0.2, 0.25) is 0 Å². The summed E-state index contributed by atoms with van der Waals surface area (Å²) in [6.45, 7) is 1.38. The second-order valence-corrected chi connectivity index (χ2v) is 2.55. The topological polar surface area (TPSA) is 70.8 Å². The number of hydrogen-bond donors (Lipinski definition) is 1. The second-order valence-electron chi connectivity index (χ2n) is 2.55. The van der Waals surface area contributed by atoms with Crippen molar-refractivity contribution in [1.29, 1.82) is 0 Å². The normalized spacial score (nSPS) is 12.5. The molecule has 0 bridgehead atoms. The molecule has 0 aromatic carbocycles. The van der Waals surface area contributed by atoms with E-state index in [2.05, 4.69) is 4.74 Å². The van der Waals surface area contributed by atoms with Crippen molar-refractivity contribution < 1.29 is 19.0 Å². The summed E-state index contributed by atoms with van der Waals surface area (Å²) in [5.41, 5.74) is 5.41. The first kappa shape index (κ1) is 12.3. The number of nitrogens with two attached hydrogens (primary N) is 1. The van der Waals surface area contributed by atoms with Gasteiger partial charge in [0.1, 0.15) is 6.04 Å². The Hall–Kier alpha value is -0.650. The quantitative estimate of drug-likeness (QED) is 0.435. The molecule has 0 saturated heterocycles. The lowest BCUT2D eigenvalue weighted by molar-refractivity contribution is -0.143. The smallest absolute Gasteiger partial charge is 0.325 e. The van der Waals surface area contributed by atoms with E-state index in [0.717, 1.165) is 6.42 Å². The third-order valence-corrected chi connectivity index (χ3v) is 1.44. The monoisotopic (exact) mass is 191 g/mol. The summed E-state index contributed by atoms with van der Waals surface area (Å²) in [5.74, 6) is -0.452. The van der Waals surface area contributed by atoms with Gasteiger partial charge in [-0.05, 0) is 6.42 Å². The average molecular weight is 191 g/mol. The Kier molecular flexibility index (Phi) is 7.57. The summed E-state index contributed by atoms with van der Waals surface area (Å²) in [6, 6.07) is -0.687. The van der Waals surface area contributed by atoms with Crippen molar-refractivity contribution in [2.45, 2.75) is 12.5 Å². The molecule has 5 heteroatoms. The van der Waals surface area contributed by atoms with E-state index in [1.165, 1.54) is 7.11 Å². The Morgan fingerprint density at radius 2 is 2.08 bits per heavy atom. The molecule has 0 aliphatic carbocycles. The van der Waals surface area contributed by atoms with Gasteiger partial charge in [-0.1, -0.05) is 0 Å². The number of carbonyl (C=O) groups is 1. The maximum atomic E-state index is 10.8. The van der Waals surface area contributed by atoms with Crippen LogP contribution in [0.5, 0.6) is 0 Å². The molecule has 0 spiro atoms. The number of hydrogen-bond acceptors (Lipinski definition) is 5. The van der Waals surface area contributed by atoms with Gasteiger partial charge in [0.25, 0.3) is 0 Å². The fourth-order valence-electron chi connectivity index (χ4n) is 0.735. The van der Waals surface area contributed by atoms with Gasteiger partial charge in [-0.15, -0.1) is 0 Å². The van der Waals surface area contributed by atoms with Crippen molar-refractivity contribution in [1.82, 2.24) is 0 Å². The molecular weight excluding hydrogens is 174 g/mol. The van der Waals surface area contributed by atoms with Crippen molar-refractivity contribution in [3.05, 3.63) is 0 Å². The van der Waals surface area contributed by atoms with Gasteiger partial charge in [-0.3, -0.25) is 4.79 Å². The van der Waals surface area contributed by atoms with Crippen molar-refractivity contribution >= 4 is 5.97 Å². The minimum Gasteiger partial charge on any atom is -0.468 e. The Balaban J connectivity index is 3.26. The SMILES string of the molecule is COCCCOCC(N)C(=O)OC. The maximum Gasteiger partial charge on any atom is 0.325 e. The van der Waals surface area contributed by atoms with Crippen molar-refractivity contribution in [2.24, 2.45) is 5.73 Å². The molecule has 5 nitrogen and oxygen atoms in total. The third-order valence-electron chi connectivity index (χ3n) is 1.44. The molecule has 0 amide bonds. The minimum absolute atomic E-state index is 0.191. The van der Waals surface area contributed by atoms with Gasteiger partial charge in [0.2, 0.25) is 0 Å². The predicted octanol–water partition coefficient (Wildman–Crippen LogP) is -0.460. The summed E-state index contributed by atoms with van der Waals surface area (Å²) in [7, 11) is 2.92. The molecule has 2 N–H and O–H groups in total. The lowest BCUT2D eigenvalue weighted by Crippen LogP contribution is -2.36. The summed E-state index contributed by atoms with van der Waals surface area (Å²) in [5, 5.41) is 0. The lowest BCUT2D eigenvalue weighted by atomic mass is 10.3. The van der Waals surface area contributed by atoms with Crippen molar-refractivity contribution in [3.63, 3.8) is 0 Å². The highest BCUT2D eigenvalue weighted by Gasteiger charge is 2.12. The Morgan fingerprint density at radius 1 is 1.38 bits per heavy atom. The van der Waals surface area contributed by atoms with Crippen LogP contribution >= 0.6 is 0 Å². The van der Waals surface area contributed by atoms with E-state index in [1.54, 1.807) is 7.11 Å². The number of rotatable bonds is 7. The molecule has 0 radical (unpaired) electrons. The fraction of sp³-hybridized carbons (Fsp3) is 0.875. The van der Waals surface area contributed by atoms with Gasteiger partial charge >= 0.3 is 5.97 Å². The first-order chi connectivity index (χ1) is 6.22. The van der Waals surface area contributed by atoms with Gasteiger partial charge in [-0.25, -0.2) is 0 Å². The van der Waals surface area contributed by atoms with E-state index in [9.17, 15) is 4.79 Å². The molecule has 0 fully saturated rings. The molecule has 0 saturated carbocycles. The summed E-state index contributed by atoms with van der Waals surface area (Å²) in [4.78, 5) is 10.8. The van der Waals surface area contributed by atoms with E-state index in [1.807, 2.05) is 0 Å². The highest BCUT2D eigenvalue weighted by atomic mass is 16.5. The van der Waals surface area contributed by atoms with Gasteiger partial charge in [0, 0.05) is 20.3 Å². The van der Waals surface area contributed by atoms with Crippen LogP contribution < -0.4 is 5.73 Å². The van der Waals surface area contributed by atoms with Crippen LogP contribution in [0.25, 0.3) is 0 Å². The zero-order chi connectivity index (χ0) is 10.1. The Morgan fingerprint density at radius 3 is 2.62 bits per heavy atom. The van der Waals surface area contributed by atoms with Crippen LogP contribution in [-0.2, 0) is 19.0 Å². The molecule has 1 atom stereocenters. The first-order valence-corrected chi connectivity index (χ1v) is 4.12. The molecule has 13 heavy (non-hydrogen) atoms. The number of carbonyl (C=O) groups excluding carboxylic acids is 1. The van der Waals surface area contributed by atoms with Crippen LogP contribution in [0.3, 0.4) is 0 Å². The van der Waals surface area contributed by atoms with E-state index in [0.29, 0.717) is 13.2 Å². The van der Waals surface area contributed by atoms with E-state index < -0.39 is 12.0 Å². The lowest BCUT2D eigenvalue weighted by Gasteiger charge is -2.09. The second kappa shape index (κ2) is 7.97. The molecule has 0 aliphatic rings. The Bertz CT molecular complexity index is 140. The van der Waals surface area contributed by atoms with Crippen LogP contribution in [0.15, 0.2) is 0 Å². The maximum absolute atomic E-state index is 10.8. The molecule has 0 rings (SSSR count). The van der Waals surface area contributed by atoms with Crippen molar-refractivity contribution in [2.75, 3.05) is 34.0 Å².